The predicted octanol–water partition coefficient (Wildman–Crippen LogP) is 2.25. The number of thiazole rings is 2. The largest absolute Gasteiger partial charge is 0.476 e. The number of nitrogens with one attached hydrogen (secondary N) is 1. The number of carboxylic acids is 1. The molecule has 2 N–H and O–H groups in total. The summed E-state index contributed by atoms with van der Waals surface area (Å²) in [6, 6.07) is 0. The van der Waals surface area contributed by atoms with E-state index in [2.05, 4.69) is 15.3 Å². The topological polar surface area (TPSA) is 92.2 Å². The smallest absolute Gasteiger partial charge is 0.355 e. The van der Waals surface area contributed by atoms with Crippen molar-refractivity contribution >= 4 is 34.6 Å². The number of hydrogen-bond acceptors (Lipinski definition) is 6. The first-order chi connectivity index (χ1) is 10.0. The fraction of sp³-hybridized carbons (Fsp3) is 0.385. The number of carbonyl (C=O) groups excluding carboxylic acids is 1. The third-order valence-electron chi connectivity index (χ3n) is 2.71. The van der Waals surface area contributed by atoms with Crippen molar-refractivity contribution in [2.45, 2.75) is 32.7 Å². The minimum absolute atomic E-state index is 0.0168. The van der Waals surface area contributed by atoms with Crippen molar-refractivity contribution in [2.24, 2.45) is 0 Å². The van der Waals surface area contributed by atoms with Crippen LogP contribution >= 0.6 is 22.7 Å². The molecule has 1 amide bonds. The van der Waals surface area contributed by atoms with Crippen molar-refractivity contribution in [1.29, 1.82) is 0 Å². The third kappa shape index (κ3) is 4.91. The number of aromatic carboxylic acids is 1. The van der Waals surface area contributed by atoms with Gasteiger partial charge in [0.05, 0.1) is 17.2 Å². The second-order valence-electron chi connectivity index (χ2n) is 4.42. The molecule has 0 bridgehead atoms. The second kappa shape index (κ2) is 7.28. The molecule has 0 fully saturated rings. The maximum Gasteiger partial charge on any atom is 0.355 e. The summed E-state index contributed by atoms with van der Waals surface area (Å²) < 4.78 is 0. The Morgan fingerprint density at radius 3 is 2.71 bits per heavy atom. The summed E-state index contributed by atoms with van der Waals surface area (Å²) in [5.74, 6) is -1.11. The molecule has 6 nitrogen and oxygen atoms in total. The molecule has 2 heterocycles. The minimum atomic E-state index is -1.05. The van der Waals surface area contributed by atoms with E-state index in [1.165, 1.54) is 16.7 Å². The van der Waals surface area contributed by atoms with Crippen LogP contribution in [0.15, 0.2) is 10.8 Å². The molecule has 0 radical (unpaired) electrons. The number of carboxylic acid groups (broad SMARTS) is 1. The Kier molecular flexibility index (Phi) is 5.40. The van der Waals surface area contributed by atoms with Crippen LogP contribution in [-0.4, -0.2) is 27.0 Å². The Hall–Kier alpha value is -1.80. The highest BCUT2D eigenvalue weighted by molar-refractivity contribution is 7.10. The lowest BCUT2D eigenvalue weighted by Crippen LogP contribution is -2.22. The van der Waals surface area contributed by atoms with Crippen LogP contribution in [0.3, 0.4) is 0 Å². The standard InChI is InChI=1S/C13H15N3O3S2/c1-8-15-9(6-20-8)3-2-4-11(17)14-5-12-16-10(7-21-12)13(18)19/h6-7H,2-5H2,1H3,(H,14,17)(H,18,19). The van der Waals surface area contributed by atoms with Crippen molar-refractivity contribution in [1.82, 2.24) is 15.3 Å². The second-order valence-corrected chi connectivity index (χ2v) is 6.42. The number of hydrogen-bond donors (Lipinski definition) is 2. The summed E-state index contributed by atoms with van der Waals surface area (Å²) in [5.41, 5.74) is 1.04. The molecule has 2 aromatic heterocycles. The molecule has 0 aliphatic carbocycles. The summed E-state index contributed by atoms with van der Waals surface area (Å²) in [6.45, 7) is 2.23. The van der Waals surface area contributed by atoms with Gasteiger partial charge >= 0.3 is 5.97 Å². The molecule has 2 rings (SSSR count). The van der Waals surface area contributed by atoms with Gasteiger partial charge in [0.2, 0.25) is 5.91 Å². The zero-order chi connectivity index (χ0) is 15.2. The highest BCUT2D eigenvalue weighted by Gasteiger charge is 2.09. The minimum Gasteiger partial charge on any atom is -0.476 e. The van der Waals surface area contributed by atoms with Gasteiger partial charge in [-0.05, 0) is 19.8 Å². The number of amides is 1. The summed E-state index contributed by atoms with van der Waals surface area (Å²) in [7, 11) is 0. The van der Waals surface area contributed by atoms with E-state index in [1.807, 2.05) is 12.3 Å². The molecule has 8 heteroatoms. The van der Waals surface area contributed by atoms with Crippen LogP contribution in [0.1, 0.15) is 39.0 Å². The van der Waals surface area contributed by atoms with E-state index in [9.17, 15) is 9.59 Å². The number of nitrogens with zero attached hydrogens (tertiary/aromatic N) is 2. The van der Waals surface area contributed by atoms with Crippen molar-refractivity contribution in [3.63, 3.8) is 0 Å². The zero-order valence-corrected chi connectivity index (χ0v) is 13.1. The number of aromatic nitrogens is 2. The molecular formula is C13H15N3O3S2. The summed E-state index contributed by atoms with van der Waals surface area (Å²) >= 11 is 2.84. The molecule has 0 atom stereocenters. The molecular weight excluding hydrogens is 310 g/mol. The molecule has 0 saturated heterocycles. The first-order valence-corrected chi connectivity index (χ1v) is 8.16. The Balaban J connectivity index is 1.68. The molecule has 0 unspecified atom stereocenters. The zero-order valence-electron chi connectivity index (χ0n) is 11.5. The van der Waals surface area contributed by atoms with Crippen LogP contribution in [-0.2, 0) is 17.8 Å². The van der Waals surface area contributed by atoms with Gasteiger partial charge in [0.25, 0.3) is 0 Å². The van der Waals surface area contributed by atoms with Gasteiger partial charge in [0, 0.05) is 17.2 Å². The van der Waals surface area contributed by atoms with Gasteiger partial charge in [0.15, 0.2) is 5.69 Å². The highest BCUT2D eigenvalue weighted by atomic mass is 32.1. The van der Waals surface area contributed by atoms with Crippen LogP contribution in [0.2, 0.25) is 0 Å². The monoisotopic (exact) mass is 325 g/mol. The van der Waals surface area contributed by atoms with E-state index in [0.717, 1.165) is 23.5 Å². The SMILES string of the molecule is Cc1nc(CCCC(=O)NCc2nc(C(=O)O)cs2)cs1. The predicted molar refractivity (Wildman–Crippen MR) is 80.7 cm³/mol. The summed E-state index contributed by atoms with van der Waals surface area (Å²) in [6.07, 6.45) is 1.96. The van der Waals surface area contributed by atoms with E-state index < -0.39 is 5.97 Å². The lowest BCUT2D eigenvalue weighted by atomic mass is 10.2. The van der Waals surface area contributed by atoms with Crippen molar-refractivity contribution < 1.29 is 14.7 Å². The van der Waals surface area contributed by atoms with Gasteiger partial charge < -0.3 is 10.4 Å². The van der Waals surface area contributed by atoms with Crippen molar-refractivity contribution in [3.05, 3.63) is 32.2 Å². The fourth-order valence-electron chi connectivity index (χ4n) is 1.71. The van der Waals surface area contributed by atoms with Gasteiger partial charge in [-0.25, -0.2) is 14.8 Å². The molecule has 0 aromatic carbocycles. The fourth-order valence-corrected chi connectivity index (χ4v) is 3.06. The first kappa shape index (κ1) is 15.6. The van der Waals surface area contributed by atoms with Gasteiger partial charge in [0.1, 0.15) is 5.01 Å². The van der Waals surface area contributed by atoms with E-state index in [4.69, 9.17) is 5.11 Å². The molecule has 0 saturated carbocycles. The van der Waals surface area contributed by atoms with E-state index in [1.54, 1.807) is 11.3 Å². The van der Waals surface area contributed by atoms with Crippen molar-refractivity contribution in [2.75, 3.05) is 0 Å². The molecule has 21 heavy (non-hydrogen) atoms. The average Bonchev–Trinajstić information content (AvgIpc) is 3.05. The number of carbonyl (C=O) groups is 2. The first-order valence-electron chi connectivity index (χ1n) is 6.40. The Morgan fingerprint density at radius 1 is 1.29 bits per heavy atom. The highest BCUT2D eigenvalue weighted by Crippen LogP contribution is 2.11. The number of aryl methyl sites for hydroxylation is 2. The third-order valence-corrected chi connectivity index (χ3v) is 4.38. The van der Waals surface area contributed by atoms with Crippen LogP contribution in [0.5, 0.6) is 0 Å². The average molecular weight is 325 g/mol. The summed E-state index contributed by atoms with van der Waals surface area (Å²) in [5, 5.41) is 16.6. The van der Waals surface area contributed by atoms with Gasteiger partial charge in [-0.1, -0.05) is 0 Å². The molecule has 112 valence electrons. The molecule has 0 spiro atoms. The molecule has 2 aromatic rings. The van der Waals surface area contributed by atoms with Crippen LogP contribution < -0.4 is 5.32 Å². The Labute approximate surface area is 129 Å². The number of rotatable bonds is 7. The van der Waals surface area contributed by atoms with E-state index in [-0.39, 0.29) is 18.1 Å². The van der Waals surface area contributed by atoms with Gasteiger partial charge in [-0.3, -0.25) is 4.79 Å². The van der Waals surface area contributed by atoms with E-state index >= 15 is 0 Å². The normalized spacial score (nSPS) is 10.5. The van der Waals surface area contributed by atoms with Gasteiger partial charge in [-0.2, -0.15) is 0 Å². The maximum absolute atomic E-state index is 11.7. The van der Waals surface area contributed by atoms with E-state index in [0.29, 0.717) is 11.4 Å². The summed E-state index contributed by atoms with van der Waals surface area (Å²) in [4.78, 5) is 30.6. The Morgan fingerprint density at radius 2 is 2.10 bits per heavy atom. The maximum atomic E-state index is 11.7. The molecule has 0 aliphatic rings. The quantitative estimate of drug-likeness (QED) is 0.814. The van der Waals surface area contributed by atoms with Crippen molar-refractivity contribution in [3.8, 4) is 0 Å². The van der Waals surface area contributed by atoms with Crippen LogP contribution in [0.25, 0.3) is 0 Å². The lowest BCUT2D eigenvalue weighted by Gasteiger charge is -2.02. The van der Waals surface area contributed by atoms with Crippen LogP contribution in [0, 0.1) is 6.92 Å². The lowest BCUT2D eigenvalue weighted by molar-refractivity contribution is -0.121. The van der Waals surface area contributed by atoms with Crippen LogP contribution in [0.4, 0.5) is 0 Å². The molecule has 0 aliphatic heterocycles. The Bertz CT molecular complexity index is 636. The van der Waals surface area contributed by atoms with Gasteiger partial charge in [-0.15, -0.1) is 22.7 Å².